The second-order valence-electron chi connectivity index (χ2n) is 11.4. The van der Waals surface area contributed by atoms with E-state index in [4.69, 9.17) is 0 Å². The Labute approximate surface area is 232 Å². The van der Waals surface area contributed by atoms with Crippen LogP contribution in [0.3, 0.4) is 0 Å². The molecule has 0 unspecified atom stereocenters. The van der Waals surface area contributed by atoms with Gasteiger partial charge in [0.05, 0.1) is 16.1 Å². The lowest BCUT2D eigenvalue weighted by molar-refractivity contribution is -0.641. The number of benzene rings is 4. The topological polar surface area (TPSA) is 7.12 Å². The molecule has 1 aliphatic carbocycles. The van der Waals surface area contributed by atoms with E-state index in [0.29, 0.717) is 0 Å². The summed E-state index contributed by atoms with van der Waals surface area (Å²) in [5.74, 6) is 0. The molecule has 0 amide bonds. The fourth-order valence-electron chi connectivity index (χ4n) is 6.17. The molecule has 4 aromatic carbocycles. The van der Waals surface area contributed by atoms with Gasteiger partial charge in [-0.05, 0) is 64.5 Å². The molecule has 0 bridgehead atoms. The van der Waals surface area contributed by atoms with Crippen LogP contribution in [0.15, 0.2) is 106 Å². The number of anilines is 1. The van der Waals surface area contributed by atoms with E-state index in [9.17, 15) is 0 Å². The van der Waals surface area contributed by atoms with Crippen LogP contribution in [0.25, 0.3) is 37.8 Å². The van der Waals surface area contributed by atoms with E-state index in [1.807, 2.05) is 23.1 Å². The van der Waals surface area contributed by atoms with Crippen LogP contribution in [-0.4, -0.2) is 7.05 Å². The summed E-state index contributed by atoms with van der Waals surface area (Å²) in [5.41, 5.74) is 5.70. The monoisotopic (exact) mass is 531 g/mol. The summed E-state index contributed by atoms with van der Waals surface area (Å²) < 4.78 is 3.72. The second kappa shape index (κ2) is 8.86. The van der Waals surface area contributed by atoms with Crippen LogP contribution in [0.5, 0.6) is 0 Å². The Bertz CT molecular complexity index is 1850. The van der Waals surface area contributed by atoms with Crippen molar-refractivity contribution in [2.24, 2.45) is 12.5 Å². The normalized spacial score (nSPS) is 19.2. The maximum Gasteiger partial charge on any atom is 0.262 e. The molecule has 5 aromatic rings. The van der Waals surface area contributed by atoms with E-state index >= 15 is 0 Å². The Balaban J connectivity index is 1.28. The molecule has 4 heteroatoms. The molecule has 0 saturated heterocycles. The summed E-state index contributed by atoms with van der Waals surface area (Å²) >= 11 is 3.78. The molecule has 0 saturated carbocycles. The third-order valence-electron chi connectivity index (χ3n) is 7.84. The summed E-state index contributed by atoms with van der Waals surface area (Å²) in [5, 5.41) is 7.86. The Kier molecular flexibility index (Phi) is 5.54. The SMILES string of the molecule is CN1C(=CC2=CC(=Cc3sc4ccc5ccccc5c4[n+]3C)CC(C)(C)C2)Sc2ccc3ccccc3c21. The highest BCUT2D eigenvalue weighted by atomic mass is 32.2. The number of nitrogens with zero attached hydrogens (tertiary/aromatic N) is 2. The highest BCUT2D eigenvalue weighted by molar-refractivity contribution is 8.03. The molecule has 0 N–H and O–H groups in total. The number of hydrogen-bond donors (Lipinski definition) is 0. The van der Waals surface area contributed by atoms with Crippen molar-refractivity contribution in [1.29, 1.82) is 0 Å². The van der Waals surface area contributed by atoms with Crippen LogP contribution >= 0.6 is 23.1 Å². The van der Waals surface area contributed by atoms with Crippen molar-refractivity contribution in [3.63, 3.8) is 0 Å². The number of aryl methyl sites for hydroxylation is 1. The van der Waals surface area contributed by atoms with Gasteiger partial charge >= 0.3 is 0 Å². The first-order chi connectivity index (χ1) is 18.4. The first-order valence-electron chi connectivity index (χ1n) is 13.2. The van der Waals surface area contributed by atoms with Gasteiger partial charge in [0.25, 0.3) is 5.01 Å². The lowest BCUT2D eigenvalue weighted by atomic mass is 9.75. The first-order valence-corrected chi connectivity index (χ1v) is 14.9. The molecule has 38 heavy (non-hydrogen) atoms. The lowest BCUT2D eigenvalue weighted by Gasteiger charge is -2.30. The van der Waals surface area contributed by atoms with Gasteiger partial charge in [0.1, 0.15) is 11.7 Å². The molecule has 2 aliphatic rings. The van der Waals surface area contributed by atoms with Gasteiger partial charge in [0.15, 0.2) is 0 Å². The molecule has 2 nitrogen and oxygen atoms in total. The van der Waals surface area contributed by atoms with Gasteiger partial charge in [-0.2, -0.15) is 4.57 Å². The molecule has 0 radical (unpaired) electrons. The number of thioether (sulfide) groups is 1. The van der Waals surface area contributed by atoms with Crippen molar-refractivity contribution in [2.75, 3.05) is 11.9 Å². The van der Waals surface area contributed by atoms with Gasteiger partial charge in [-0.25, -0.2) is 0 Å². The van der Waals surface area contributed by atoms with Gasteiger partial charge < -0.3 is 4.90 Å². The second-order valence-corrected chi connectivity index (χ2v) is 13.5. The largest absolute Gasteiger partial charge is 0.338 e. The summed E-state index contributed by atoms with van der Waals surface area (Å²) in [6, 6.07) is 26.5. The predicted molar refractivity (Wildman–Crippen MR) is 166 cm³/mol. The van der Waals surface area contributed by atoms with E-state index < -0.39 is 0 Å². The van der Waals surface area contributed by atoms with Crippen LogP contribution in [0.2, 0.25) is 0 Å². The van der Waals surface area contributed by atoms with E-state index in [1.165, 1.54) is 63.5 Å². The zero-order valence-electron chi connectivity index (χ0n) is 22.3. The fraction of sp³-hybridized carbons (Fsp3) is 0.206. The molecule has 0 atom stereocenters. The van der Waals surface area contributed by atoms with Crippen LogP contribution < -0.4 is 9.47 Å². The van der Waals surface area contributed by atoms with Crippen LogP contribution in [0.1, 0.15) is 31.7 Å². The molecule has 1 aromatic heterocycles. The number of thiazole rings is 1. The third-order valence-corrected chi connectivity index (χ3v) is 10.1. The maximum absolute atomic E-state index is 2.44. The van der Waals surface area contributed by atoms with Crippen molar-refractivity contribution in [1.82, 2.24) is 0 Å². The lowest BCUT2D eigenvalue weighted by Crippen LogP contribution is -2.29. The van der Waals surface area contributed by atoms with Crippen LogP contribution in [-0.2, 0) is 7.05 Å². The number of allylic oxidation sites excluding steroid dienone is 4. The molecule has 0 fully saturated rings. The van der Waals surface area contributed by atoms with Crippen molar-refractivity contribution in [3.05, 3.63) is 106 Å². The van der Waals surface area contributed by atoms with Gasteiger partial charge in [-0.1, -0.05) is 97.6 Å². The number of aromatic nitrogens is 1. The third kappa shape index (κ3) is 3.98. The highest BCUT2D eigenvalue weighted by Crippen LogP contribution is 2.50. The standard InChI is InChI=1S/C34H31N2S2/c1-34(2)20-22(18-30-35(3)32-26-11-7-5-9-24(26)13-15-28(32)37-30)17-23(21-34)19-31-36(4)33-27-12-8-6-10-25(27)14-16-29(33)38-31/h5-19H,20-21H2,1-4H3/q+1. The van der Waals surface area contributed by atoms with Crippen molar-refractivity contribution in [3.8, 4) is 0 Å². The number of rotatable bonds is 2. The minimum atomic E-state index is 0.219. The Morgan fingerprint density at radius 3 is 2.37 bits per heavy atom. The fourth-order valence-corrected chi connectivity index (χ4v) is 8.46. The zero-order valence-corrected chi connectivity index (χ0v) is 23.9. The van der Waals surface area contributed by atoms with Crippen molar-refractivity contribution in [2.45, 2.75) is 31.6 Å². The minimum absolute atomic E-state index is 0.219. The molecule has 7 rings (SSSR count). The van der Waals surface area contributed by atoms with Crippen molar-refractivity contribution < 1.29 is 4.57 Å². The van der Waals surface area contributed by atoms with E-state index in [-0.39, 0.29) is 5.41 Å². The zero-order chi connectivity index (χ0) is 26.0. The van der Waals surface area contributed by atoms with Gasteiger partial charge in [-0.15, -0.1) is 0 Å². The van der Waals surface area contributed by atoms with E-state index in [2.05, 4.69) is 128 Å². The van der Waals surface area contributed by atoms with E-state index in [1.54, 1.807) is 0 Å². The average molecular weight is 532 g/mol. The van der Waals surface area contributed by atoms with E-state index in [0.717, 1.165) is 12.8 Å². The maximum atomic E-state index is 2.44. The Hall–Kier alpha value is -3.34. The van der Waals surface area contributed by atoms with Gasteiger partial charge in [0, 0.05) is 23.4 Å². The van der Waals surface area contributed by atoms with Crippen LogP contribution in [0.4, 0.5) is 5.69 Å². The number of hydrogen-bond acceptors (Lipinski definition) is 3. The molecular formula is C34H31N2S2+. The van der Waals surface area contributed by atoms with Crippen LogP contribution in [0, 0.1) is 5.41 Å². The highest BCUT2D eigenvalue weighted by Gasteiger charge is 2.29. The first kappa shape index (κ1) is 23.8. The average Bonchev–Trinajstić information content (AvgIpc) is 3.39. The molecule has 1 aliphatic heterocycles. The Morgan fingerprint density at radius 2 is 1.55 bits per heavy atom. The molecule has 2 heterocycles. The molecule has 0 spiro atoms. The summed E-state index contributed by atoms with van der Waals surface area (Å²) in [7, 11) is 4.42. The van der Waals surface area contributed by atoms with Crippen molar-refractivity contribution >= 4 is 66.6 Å². The molecular weight excluding hydrogens is 501 g/mol. The smallest absolute Gasteiger partial charge is 0.262 e. The molecule has 188 valence electrons. The quantitative estimate of drug-likeness (QED) is 0.210. The van der Waals surface area contributed by atoms with Gasteiger partial charge in [0.2, 0.25) is 5.52 Å². The summed E-state index contributed by atoms with van der Waals surface area (Å²) in [6.07, 6.45) is 9.46. The number of fused-ring (bicyclic) bond motifs is 6. The predicted octanol–water partition coefficient (Wildman–Crippen LogP) is 9.25. The summed E-state index contributed by atoms with van der Waals surface area (Å²) in [6.45, 7) is 4.80. The minimum Gasteiger partial charge on any atom is -0.338 e. The van der Waals surface area contributed by atoms with Gasteiger partial charge in [-0.3, -0.25) is 0 Å². The summed E-state index contributed by atoms with van der Waals surface area (Å²) in [4.78, 5) is 3.72. The Morgan fingerprint density at radius 1 is 0.842 bits per heavy atom.